The van der Waals surface area contributed by atoms with Crippen LogP contribution in [0.5, 0.6) is 0 Å². The van der Waals surface area contributed by atoms with Crippen LogP contribution in [0.1, 0.15) is 50.6 Å². The van der Waals surface area contributed by atoms with Crippen molar-refractivity contribution in [1.82, 2.24) is 20.3 Å². The number of hydrogen-bond donors (Lipinski definition) is 0. The third-order valence-corrected chi connectivity index (χ3v) is 5.63. The second kappa shape index (κ2) is 7.99. The molecule has 20 heavy (non-hydrogen) atoms. The van der Waals surface area contributed by atoms with Gasteiger partial charge in [-0.2, -0.15) is 4.98 Å². The van der Waals surface area contributed by atoms with E-state index in [0.717, 1.165) is 39.5 Å². The lowest BCUT2D eigenvalue weighted by Gasteiger charge is -2.01. The zero-order valence-electron chi connectivity index (χ0n) is 11.8. The molecule has 1 atom stereocenters. The van der Waals surface area contributed by atoms with Crippen LogP contribution in [-0.2, 0) is 6.42 Å². The predicted molar refractivity (Wildman–Crippen MR) is 83.5 cm³/mol. The van der Waals surface area contributed by atoms with E-state index in [1.165, 1.54) is 0 Å². The molecular weight excluding hydrogens is 312 g/mol. The number of hydrogen-bond acceptors (Lipinski definition) is 8. The van der Waals surface area contributed by atoms with Gasteiger partial charge in [0.25, 0.3) is 0 Å². The zero-order valence-corrected chi connectivity index (χ0v) is 14.3. The molecule has 0 N–H and O–H groups in total. The van der Waals surface area contributed by atoms with Crippen LogP contribution in [0.4, 0.5) is 0 Å². The van der Waals surface area contributed by atoms with E-state index in [4.69, 9.17) is 4.52 Å². The fourth-order valence-corrected chi connectivity index (χ4v) is 4.59. The molecule has 0 amide bonds. The van der Waals surface area contributed by atoms with E-state index < -0.39 is 0 Å². The van der Waals surface area contributed by atoms with Crippen LogP contribution < -0.4 is 0 Å². The smallest absolute Gasteiger partial charge is 0.239 e. The first kappa shape index (κ1) is 15.8. The number of nitrogens with zero attached hydrogens (tertiary/aromatic N) is 4. The van der Waals surface area contributed by atoms with Crippen molar-refractivity contribution in [3.63, 3.8) is 0 Å². The fraction of sp³-hybridized carbons (Fsp3) is 0.667. The summed E-state index contributed by atoms with van der Waals surface area (Å²) in [4.78, 5) is 4.44. The van der Waals surface area contributed by atoms with Crippen molar-refractivity contribution in [2.75, 3.05) is 5.75 Å². The molecule has 110 valence electrons. The van der Waals surface area contributed by atoms with Crippen molar-refractivity contribution < 1.29 is 4.52 Å². The highest BCUT2D eigenvalue weighted by Crippen LogP contribution is 2.37. The van der Waals surface area contributed by atoms with Gasteiger partial charge in [0.2, 0.25) is 5.89 Å². The first-order chi connectivity index (χ1) is 9.72. The number of rotatable bonds is 8. The number of unbranched alkanes of at least 4 members (excludes halogenated alkanes) is 1. The first-order valence-corrected chi connectivity index (χ1v) is 9.36. The molecule has 0 aromatic carbocycles. The molecule has 1 unspecified atom stereocenters. The van der Waals surface area contributed by atoms with Crippen molar-refractivity contribution in [3.05, 3.63) is 11.7 Å². The summed E-state index contributed by atoms with van der Waals surface area (Å²) in [5.41, 5.74) is 0. The summed E-state index contributed by atoms with van der Waals surface area (Å²) in [7, 11) is 0. The average molecular weight is 331 g/mol. The van der Waals surface area contributed by atoms with Gasteiger partial charge in [0.1, 0.15) is 0 Å². The molecule has 0 aliphatic heterocycles. The molecule has 0 radical (unpaired) electrons. The summed E-state index contributed by atoms with van der Waals surface area (Å²) >= 11 is 4.94. The Morgan fingerprint density at radius 1 is 1.25 bits per heavy atom. The predicted octanol–water partition coefficient (Wildman–Crippen LogP) is 4.23. The van der Waals surface area contributed by atoms with Gasteiger partial charge >= 0.3 is 0 Å². The summed E-state index contributed by atoms with van der Waals surface area (Å²) in [5.74, 6) is 2.48. The lowest BCUT2D eigenvalue weighted by atomic mass is 10.2. The molecular formula is C12H18N4OS3. The third kappa shape index (κ3) is 4.46. The molecule has 0 aliphatic rings. The molecule has 0 bridgehead atoms. The van der Waals surface area contributed by atoms with Crippen molar-refractivity contribution in [1.29, 1.82) is 0 Å². The Morgan fingerprint density at radius 2 is 2.05 bits per heavy atom. The summed E-state index contributed by atoms with van der Waals surface area (Å²) in [5, 5.41) is 12.4. The van der Waals surface area contributed by atoms with E-state index in [9.17, 15) is 0 Å². The van der Waals surface area contributed by atoms with E-state index in [1.54, 1.807) is 34.9 Å². The Balaban J connectivity index is 1.92. The third-order valence-electron chi connectivity index (χ3n) is 2.52. The molecule has 2 aromatic heterocycles. The van der Waals surface area contributed by atoms with Crippen LogP contribution in [0.2, 0.25) is 0 Å². The molecule has 5 nitrogen and oxygen atoms in total. The molecule has 0 aliphatic carbocycles. The molecule has 0 spiro atoms. The molecule has 0 fully saturated rings. The largest absolute Gasteiger partial charge is 0.338 e. The van der Waals surface area contributed by atoms with Crippen molar-refractivity contribution in [2.24, 2.45) is 0 Å². The normalized spacial score (nSPS) is 12.8. The molecule has 8 heteroatoms. The highest BCUT2D eigenvalue weighted by atomic mass is 32.2. The maximum Gasteiger partial charge on any atom is 0.239 e. The lowest BCUT2D eigenvalue weighted by Crippen LogP contribution is -1.91. The lowest BCUT2D eigenvalue weighted by molar-refractivity contribution is 0.374. The monoisotopic (exact) mass is 330 g/mol. The second-order valence-electron chi connectivity index (χ2n) is 4.18. The Bertz CT molecular complexity index is 528. The SMILES string of the molecule is CCCCc1noc(C(C)Sc2nnc(SCC)s2)n1. The van der Waals surface area contributed by atoms with Gasteiger partial charge in [-0.1, -0.05) is 60.3 Å². The standard InChI is InChI=1S/C12H18N4OS3/c1-4-6-7-9-13-10(17-16-9)8(3)19-12-15-14-11(20-12)18-5-2/h8H,4-7H2,1-3H3. The van der Waals surface area contributed by atoms with Gasteiger partial charge in [-0.3, -0.25) is 0 Å². The van der Waals surface area contributed by atoms with Crippen LogP contribution in [0.3, 0.4) is 0 Å². The van der Waals surface area contributed by atoms with E-state index in [-0.39, 0.29) is 5.25 Å². The highest BCUT2D eigenvalue weighted by Gasteiger charge is 2.17. The average Bonchev–Trinajstić information content (AvgIpc) is 3.06. The Kier molecular flexibility index (Phi) is 6.31. The number of thioether (sulfide) groups is 2. The molecule has 2 aromatic rings. The quantitative estimate of drug-likeness (QED) is 0.671. The maximum absolute atomic E-state index is 5.32. The summed E-state index contributed by atoms with van der Waals surface area (Å²) in [6, 6.07) is 0. The fourth-order valence-electron chi connectivity index (χ4n) is 1.50. The minimum absolute atomic E-state index is 0.102. The van der Waals surface area contributed by atoms with Gasteiger partial charge in [-0.25, -0.2) is 0 Å². The highest BCUT2D eigenvalue weighted by molar-refractivity contribution is 8.03. The van der Waals surface area contributed by atoms with E-state index in [1.807, 2.05) is 0 Å². The van der Waals surface area contributed by atoms with Crippen LogP contribution in [0, 0.1) is 0 Å². The van der Waals surface area contributed by atoms with E-state index in [0.29, 0.717) is 5.89 Å². The van der Waals surface area contributed by atoms with E-state index in [2.05, 4.69) is 41.1 Å². The maximum atomic E-state index is 5.32. The Morgan fingerprint density at radius 3 is 2.80 bits per heavy atom. The van der Waals surface area contributed by atoms with Gasteiger partial charge < -0.3 is 4.52 Å². The molecule has 2 heterocycles. The first-order valence-electron chi connectivity index (χ1n) is 6.68. The van der Waals surface area contributed by atoms with E-state index >= 15 is 0 Å². The van der Waals surface area contributed by atoms with Crippen molar-refractivity contribution >= 4 is 34.9 Å². The van der Waals surface area contributed by atoms with Gasteiger partial charge in [-0.15, -0.1) is 10.2 Å². The second-order valence-corrected chi connectivity index (χ2v) is 8.26. The van der Waals surface area contributed by atoms with Crippen LogP contribution in [0.15, 0.2) is 13.2 Å². The Hall–Kier alpha value is -0.600. The minimum atomic E-state index is 0.102. The summed E-state index contributed by atoms with van der Waals surface area (Å²) in [6.07, 6.45) is 3.11. The van der Waals surface area contributed by atoms with Gasteiger partial charge in [0.15, 0.2) is 14.5 Å². The zero-order chi connectivity index (χ0) is 14.4. The Labute approximate surface area is 131 Å². The van der Waals surface area contributed by atoms with Crippen molar-refractivity contribution in [3.8, 4) is 0 Å². The number of aromatic nitrogens is 4. The summed E-state index contributed by atoms with van der Waals surface area (Å²) in [6.45, 7) is 6.31. The van der Waals surface area contributed by atoms with Gasteiger partial charge in [0.05, 0.1) is 5.25 Å². The summed E-state index contributed by atoms with van der Waals surface area (Å²) < 4.78 is 7.28. The molecule has 0 saturated heterocycles. The van der Waals surface area contributed by atoms with Crippen LogP contribution in [0.25, 0.3) is 0 Å². The van der Waals surface area contributed by atoms with Gasteiger partial charge in [-0.05, 0) is 19.1 Å². The minimum Gasteiger partial charge on any atom is -0.338 e. The topological polar surface area (TPSA) is 64.7 Å². The molecule has 2 rings (SSSR count). The number of aryl methyl sites for hydroxylation is 1. The van der Waals surface area contributed by atoms with Gasteiger partial charge in [0, 0.05) is 6.42 Å². The molecule has 0 saturated carbocycles. The van der Waals surface area contributed by atoms with Crippen LogP contribution in [-0.4, -0.2) is 26.1 Å². The van der Waals surface area contributed by atoms with Crippen LogP contribution >= 0.6 is 34.9 Å². The van der Waals surface area contributed by atoms with Crippen molar-refractivity contribution in [2.45, 2.75) is 54.0 Å².